The van der Waals surface area contributed by atoms with Crippen molar-refractivity contribution >= 4 is 34.5 Å². The minimum Gasteiger partial charge on any atom is -0.445 e. The van der Waals surface area contributed by atoms with Gasteiger partial charge >= 0.3 is 6.09 Å². The van der Waals surface area contributed by atoms with Crippen molar-refractivity contribution in [1.29, 1.82) is 0 Å². The van der Waals surface area contributed by atoms with E-state index in [4.69, 9.17) is 16.3 Å². The molecule has 6 nitrogen and oxygen atoms in total. The lowest BCUT2D eigenvalue weighted by atomic mass is 10.1. The fourth-order valence-corrected chi connectivity index (χ4v) is 4.23. The molecule has 1 aliphatic heterocycles. The largest absolute Gasteiger partial charge is 0.445 e. The van der Waals surface area contributed by atoms with E-state index in [-0.39, 0.29) is 18.6 Å². The van der Waals surface area contributed by atoms with Gasteiger partial charge in [0, 0.05) is 24.7 Å². The molecule has 0 N–H and O–H groups in total. The molecule has 2 heterocycles. The first-order chi connectivity index (χ1) is 14.9. The fourth-order valence-electron chi connectivity index (χ4n) is 4.01. The number of benzene rings is 2. The number of aromatic nitrogens is 1. The number of carbonyl (C=O) groups excluding carboxylic acids is 2. The number of carbonyl (C=O) groups is 2. The predicted molar refractivity (Wildman–Crippen MR) is 120 cm³/mol. The van der Waals surface area contributed by atoms with E-state index in [9.17, 15) is 9.59 Å². The van der Waals surface area contributed by atoms with Crippen LogP contribution in [-0.4, -0.2) is 45.4 Å². The number of nitrogens with zero attached hydrogens (tertiary/aromatic N) is 3. The van der Waals surface area contributed by atoms with Crippen LogP contribution in [0.4, 0.5) is 4.79 Å². The highest BCUT2D eigenvalue weighted by Gasteiger charge is 2.39. The van der Waals surface area contributed by atoms with Gasteiger partial charge < -0.3 is 9.64 Å². The van der Waals surface area contributed by atoms with Crippen molar-refractivity contribution in [2.24, 2.45) is 0 Å². The number of piperazine rings is 1. The van der Waals surface area contributed by atoms with Crippen LogP contribution in [0.1, 0.15) is 25.0 Å². The van der Waals surface area contributed by atoms with Crippen LogP contribution in [0.5, 0.6) is 0 Å². The SMILES string of the molecule is CC1CN(Cc2ccc3c(Cl)ccnc3c2)C(=O)C(C)N1C(=O)OCc1ccccc1. The first-order valence-corrected chi connectivity index (χ1v) is 10.6. The number of ether oxygens (including phenoxy) is 1. The normalized spacial score (nSPS) is 19.0. The number of amides is 2. The third-order valence-corrected chi connectivity index (χ3v) is 5.92. The third-order valence-electron chi connectivity index (χ3n) is 5.59. The van der Waals surface area contributed by atoms with Crippen LogP contribution in [0.15, 0.2) is 60.8 Å². The molecule has 2 amide bonds. The smallest absolute Gasteiger partial charge is 0.411 e. The zero-order valence-corrected chi connectivity index (χ0v) is 18.2. The summed E-state index contributed by atoms with van der Waals surface area (Å²) < 4.78 is 5.47. The van der Waals surface area contributed by atoms with E-state index in [2.05, 4.69) is 4.98 Å². The van der Waals surface area contributed by atoms with Crippen LogP contribution >= 0.6 is 11.6 Å². The zero-order valence-electron chi connectivity index (χ0n) is 17.5. The Morgan fingerprint density at radius 2 is 1.90 bits per heavy atom. The Bertz CT molecular complexity index is 1110. The highest BCUT2D eigenvalue weighted by atomic mass is 35.5. The summed E-state index contributed by atoms with van der Waals surface area (Å²) in [5.41, 5.74) is 2.67. The molecule has 3 aromatic rings. The second-order valence-corrected chi connectivity index (χ2v) is 8.24. The maximum atomic E-state index is 13.0. The maximum absolute atomic E-state index is 13.0. The second kappa shape index (κ2) is 8.94. The molecule has 1 saturated heterocycles. The van der Waals surface area contributed by atoms with Crippen molar-refractivity contribution in [3.63, 3.8) is 0 Å². The second-order valence-electron chi connectivity index (χ2n) is 7.84. The molecular weight excluding hydrogens is 414 g/mol. The van der Waals surface area contributed by atoms with Crippen molar-refractivity contribution < 1.29 is 14.3 Å². The summed E-state index contributed by atoms with van der Waals surface area (Å²) in [6.07, 6.45) is 1.20. The van der Waals surface area contributed by atoms with Gasteiger partial charge in [-0.25, -0.2) is 4.79 Å². The summed E-state index contributed by atoms with van der Waals surface area (Å²) >= 11 is 6.22. The summed E-state index contributed by atoms with van der Waals surface area (Å²) in [7, 11) is 0. The van der Waals surface area contributed by atoms with Gasteiger partial charge in [0.1, 0.15) is 12.6 Å². The van der Waals surface area contributed by atoms with Crippen LogP contribution in [-0.2, 0) is 22.7 Å². The quantitative estimate of drug-likeness (QED) is 0.596. The van der Waals surface area contributed by atoms with Gasteiger partial charge in [0.2, 0.25) is 5.91 Å². The van der Waals surface area contributed by atoms with E-state index in [0.717, 1.165) is 22.0 Å². The molecule has 31 heavy (non-hydrogen) atoms. The van der Waals surface area contributed by atoms with Crippen LogP contribution in [0.25, 0.3) is 10.9 Å². The molecule has 2 aromatic carbocycles. The topological polar surface area (TPSA) is 62.7 Å². The van der Waals surface area contributed by atoms with E-state index in [1.165, 1.54) is 4.90 Å². The Morgan fingerprint density at radius 1 is 1.13 bits per heavy atom. The summed E-state index contributed by atoms with van der Waals surface area (Å²) in [5, 5.41) is 1.53. The Labute approximate surface area is 186 Å². The van der Waals surface area contributed by atoms with Crippen molar-refractivity contribution in [2.45, 2.75) is 39.1 Å². The number of halogens is 1. The lowest BCUT2D eigenvalue weighted by Crippen LogP contribution is -2.61. The van der Waals surface area contributed by atoms with Crippen molar-refractivity contribution in [2.75, 3.05) is 6.54 Å². The number of pyridine rings is 1. The van der Waals surface area contributed by atoms with E-state index in [0.29, 0.717) is 18.1 Å². The summed E-state index contributed by atoms with van der Waals surface area (Å²) in [4.78, 5) is 33.4. The highest BCUT2D eigenvalue weighted by molar-refractivity contribution is 6.35. The number of hydrogen-bond acceptors (Lipinski definition) is 4. The molecule has 0 spiro atoms. The van der Waals surface area contributed by atoms with Crippen LogP contribution < -0.4 is 0 Å². The molecule has 1 fully saturated rings. The van der Waals surface area contributed by atoms with Crippen molar-refractivity contribution in [3.8, 4) is 0 Å². The van der Waals surface area contributed by atoms with Gasteiger partial charge in [-0.05, 0) is 37.1 Å². The van der Waals surface area contributed by atoms with Gasteiger partial charge in [0.05, 0.1) is 16.6 Å². The zero-order chi connectivity index (χ0) is 22.0. The molecule has 0 radical (unpaired) electrons. The molecule has 160 valence electrons. The first kappa shape index (κ1) is 21.1. The monoisotopic (exact) mass is 437 g/mol. The summed E-state index contributed by atoms with van der Waals surface area (Å²) in [6, 6.07) is 16.3. The van der Waals surface area contributed by atoms with E-state index < -0.39 is 12.1 Å². The predicted octanol–water partition coefficient (Wildman–Crippen LogP) is 4.65. The average molecular weight is 438 g/mol. The molecule has 1 aliphatic rings. The van der Waals surface area contributed by atoms with Gasteiger partial charge in [0.25, 0.3) is 0 Å². The Kier molecular flexibility index (Phi) is 6.09. The molecule has 7 heteroatoms. The van der Waals surface area contributed by atoms with E-state index in [1.54, 1.807) is 24.1 Å². The molecule has 2 atom stereocenters. The number of fused-ring (bicyclic) bond motifs is 1. The average Bonchev–Trinajstić information content (AvgIpc) is 2.77. The summed E-state index contributed by atoms with van der Waals surface area (Å²) in [6.45, 7) is 4.74. The maximum Gasteiger partial charge on any atom is 0.411 e. The molecule has 1 aromatic heterocycles. The van der Waals surface area contributed by atoms with Crippen LogP contribution in [0.2, 0.25) is 5.02 Å². The van der Waals surface area contributed by atoms with Gasteiger partial charge in [-0.15, -0.1) is 0 Å². The molecule has 2 unspecified atom stereocenters. The van der Waals surface area contributed by atoms with E-state index >= 15 is 0 Å². The lowest BCUT2D eigenvalue weighted by molar-refractivity contribution is -0.143. The van der Waals surface area contributed by atoms with Crippen molar-refractivity contribution in [3.05, 3.63) is 76.9 Å². The van der Waals surface area contributed by atoms with Gasteiger partial charge in [0.15, 0.2) is 0 Å². The Balaban J connectivity index is 1.43. The molecular formula is C24H24ClN3O3. The van der Waals surface area contributed by atoms with E-state index in [1.807, 2.05) is 55.5 Å². The third kappa shape index (κ3) is 4.49. The lowest BCUT2D eigenvalue weighted by Gasteiger charge is -2.43. The van der Waals surface area contributed by atoms with Crippen LogP contribution in [0.3, 0.4) is 0 Å². The minimum absolute atomic E-state index is 0.103. The van der Waals surface area contributed by atoms with Gasteiger partial charge in [-0.2, -0.15) is 0 Å². The van der Waals surface area contributed by atoms with Gasteiger partial charge in [-0.1, -0.05) is 54.1 Å². The first-order valence-electron chi connectivity index (χ1n) is 10.2. The highest BCUT2D eigenvalue weighted by Crippen LogP contribution is 2.25. The van der Waals surface area contributed by atoms with Gasteiger partial charge in [-0.3, -0.25) is 14.7 Å². The molecule has 4 rings (SSSR count). The fraction of sp³-hybridized carbons (Fsp3) is 0.292. The summed E-state index contributed by atoms with van der Waals surface area (Å²) in [5.74, 6) is -0.103. The van der Waals surface area contributed by atoms with Crippen molar-refractivity contribution in [1.82, 2.24) is 14.8 Å². The molecule has 0 saturated carbocycles. The Morgan fingerprint density at radius 3 is 2.68 bits per heavy atom. The standard InChI is InChI=1S/C24H24ClN3O3/c1-16-13-27(14-19-8-9-20-21(25)10-11-26-22(20)12-19)23(29)17(2)28(16)24(30)31-15-18-6-4-3-5-7-18/h3-12,16-17H,13-15H2,1-2H3. The number of hydrogen-bond donors (Lipinski definition) is 0. The minimum atomic E-state index is -0.597. The molecule has 0 bridgehead atoms. The van der Waals surface area contributed by atoms with Crippen LogP contribution in [0, 0.1) is 0 Å². The number of rotatable bonds is 4. The molecule has 0 aliphatic carbocycles. The Hall–Kier alpha value is -3.12.